The van der Waals surface area contributed by atoms with Gasteiger partial charge in [0, 0.05) is 30.9 Å². The van der Waals surface area contributed by atoms with Crippen molar-refractivity contribution in [1.82, 2.24) is 15.5 Å². The van der Waals surface area contributed by atoms with Gasteiger partial charge in [-0.05, 0) is 24.7 Å². The first kappa shape index (κ1) is 19.0. The van der Waals surface area contributed by atoms with E-state index in [0.717, 1.165) is 25.2 Å². The van der Waals surface area contributed by atoms with Crippen LogP contribution in [0, 0.1) is 11.3 Å². The molecule has 0 bridgehead atoms. The van der Waals surface area contributed by atoms with E-state index in [9.17, 15) is 4.79 Å². The molecule has 124 valence electrons. The molecule has 5 nitrogen and oxygen atoms in total. The number of likely N-dealkylation sites (N-methyl/N-ethyl adjacent to an activating group) is 1. The number of nitriles is 1. The van der Waals surface area contributed by atoms with E-state index < -0.39 is 5.91 Å². The van der Waals surface area contributed by atoms with Gasteiger partial charge in [-0.3, -0.25) is 4.79 Å². The molecule has 0 saturated carbocycles. The molecule has 1 aromatic carbocycles. The lowest BCUT2D eigenvalue weighted by Crippen LogP contribution is -2.31. The second kappa shape index (κ2) is 10.7. The predicted molar refractivity (Wildman–Crippen MR) is 92.8 cm³/mol. The van der Waals surface area contributed by atoms with Crippen LogP contribution in [0.1, 0.15) is 19.4 Å². The fourth-order valence-electron chi connectivity index (χ4n) is 2.00. The minimum atomic E-state index is -0.414. The first-order valence-electron chi connectivity index (χ1n) is 7.69. The summed E-state index contributed by atoms with van der Waals surface area (Å²) in [6.45, 7) is 7.99. The van der Waals surface area contributed by atoms with Crippen molar-refractivity contribution in [3.63, 3.8) is 0 Å². The Morgan fingerprint density at radius 1 is 1.35 bits per heavy atom. The molecule has 0 saturated heterocycles. The molecule has 0 aliphatic carbocycles. The number of hydrogen-bond donors (Lipinski definition) is 2. The van der Waals surface area contributed by atoms with E-state index >= 15 is 0 Å². The summed E-state index contributed by atoms with van der Waals surface area (Å²) < 4.78 is 0. The maximum absolute atomic E-state index is 12.0. The Kier molecular flexibility index (Phi) is 8.81. The number of halogens is 1. The minimum absolute atomic E-state index is 0.0524. The number of benzene rings is 1. The summed E-state index contributed by atoms with van der Waals surface area (Å²) in [5.41, 5.74) is 0.867. The number of hydrogen-bond acceptors (Lipinski definition) is 4. The third-order valence-electron chi connectivity index (χ3n) is 3.48. The van der Waals surface area contributed by atoms with Crippen LogP contribution >= 0.6 is 11.6 Å². The van der Waals surface area contributed by atoms with Gasteiger partial charge in [-0.15, -0.1) is 0 Å². The smallest absolute Gasteiger partial charge is 0.263 e. The fraction of sp³-hybridized carbons (Fsp3) is 0.412. The molecular formula is C17H23ClN4O. The van der Waals surface area contributed by atoms with Crippen LogP contribution in [-0.4, -0.2) is 37.0 Å². The van der Waals surface area contributed by atoms with Crippen LogP contribution in [0.25, 0.3) is 0 Å². The zero-order chi connectivity index (χ0) is 17.1. The van der Waals surface area contributed by atoms with Gasteiger partial charge in [0.15, 0.2) is 0 Å². The summed E-state index contributed by atoms with van der Waals surface area (Å²) in [5, 5.41) is 15.4. The normalized spacial score (nSPS) is 11.2. The molecule has 0 aromatic heterocycles. The van der Waals surface area contributed by atoms with Gasteiger partial charge in [-0.1, -0.05) is 43.6 Å². The van der Waals surface area contributed by atoms with Gasteiger partial charge in [-0.2, -0.15) is 5.26 Å². The third kappa shape index (κ3) is 6.72. The zero-order valence-corrected chi connectivity index (χ0v) is 14.4. The number of rotatable bonds is 9. The maximum Gasteiger partial charge on any atom is 0.263 e. The van der Waals surface area contributed by atoms with E-state index in [-0.39, 0.29) is 12.1 Å². The van der Waals surface area contributed by atoms with Gasteiger partial charge in [0.2, 0.25) is 0 Å². The van der Waals surface area contributed by atoms with E-state index in [4.69, 9.17) is 16.9 Å². The summed E-state index contributed by atoms with van der Waals surface area (Å²) in [5.74, 6) is -0.414. The van der Waals surface area contributed by atoms with Crippen molar-refractivity contribution in [1.29, 1.82) is 5.26 Å². The van der Waals surface area contributed by atoms with E-state index in [2.05, 4.69) is 29.4 Å². The predicted octanol–water partition coefficient (Wildman–Crippen LogP) is 2.30. The lowest BCUT2D eigenvalue weighted by atomic mass is 10.2. The monoisotopic (exact) mass is 334 g/mol. The largest absolute Gasteiger partial charge is 0.388 e. The van der Waals surface area contributed by atoms with Crippen molar-refractivity contribution in [2.24, 2.45) is 0 Å². The first-order valence-corrected chi connectivity index (χ1v) is 8.07. The van der Waals surface area contributed by atoms with Crippen LogP contribution in [0.15, 0.2) is 36.0 Å². The van der Waals surface area contributed by atoms with Crippen molar-refractivity contribution in [3.05, 3.63) is 46.6 Å². The lowest BCUT2D eigenvalue weighted by Gasteiger charge is -2.17. The number of carbonyl (C=O) groups excluding carboxylic acids is 1. The highest BCUT2D eigenvalue weighted by atomic mass is 35.5. The van der Waals surface area contributed by atoms with Gasteiger partial charge in [0.05, 0.1) is 0 Å². The van der Waals surface area contributed by atoms with Crippen molar-refractivity contribution < 1.29 is 4.79 Å². The Labute approximate surface area is 142 Å². The lowest BCUT2D eigenvalue weighted by molar-refractivity contribution is -0.117. The van der Waals surface area contributed by atoms with Crippen LogP contribution in [0.2, 0.25) is 5.02 Å². The summed E-state index contributed by atoms with van der Waals surface area (Å²) in [7, 11) is 0. The molecule has 0 aliphatic rings. The topological polar surface area (TPSA) is 68.2 Å². The molecule has 1 rings (SSSR count). The molecule has 23 heavy (non-hydrogen) atoms. The number of carbonyl (C=O) groups is 1. The van der Waals surface area contributed by atoms with Gasteiger partial charge < -0.3 is 15.5 Å². The van der Waals surface area contributed by atoms with Gasteiger partial charge in [-0.25, -0.2) is 0 Å². The number of nitrogens with zero attached hydrogens (tertiary/aromatic N) is 2. The van der Waals surface area contributed by atoms with E-state index in [1.807, 2.05) is 24.3 Å². The molecule has 2 N–H and O–H groups in total. The second-order valence-electron chi connectivity index (χ2n) is 4.92. The van der Waals surface area contributed by atoms with Crippen LogP contribution < -0.4 is 10.6 Å². The zero-order valence-electron chi connectivity index (χ0n) is 13.6. The van der Waals surface area contributed by atoms with E-state index in [0.29, 0.717) is 11.6 Å². The van der Waals surface area contributed by atoms with Gasteiger partial charge in [0.1, 0.15) is 11.6 Å². The molecule has 0 spiro atoms. The first-order chi connectivity index (χ1) is 11.1. The third-order valence-corrected chi connectivity index (χ3v) is 3.84. The van der Waals surface area contributed by atoms with Crippen LogP contribution in [0.3, 0.4) is 0 Å². The molecule has 0 heterocycles. The van der Waals surface area contributed by atoms with Crippen molar-refractivity contribution in [2.75, 3.05) is 26.2 Å². The minimum Gasteiger partial charge on any atom is -0.388 e. The molecule has 0 radical (unpaired) electrons. The van der Waals surface area contributed by atoms with Gasteiger partial charge >= 0.3 is 0 Å². The van der Waals surface area contributed by atoms with Crippen LogP contribution in [-0.2, 0) is 11.3 Å². The highest BCUT2D eigenvalue weighted by Crippen LogP contribution is 2.14. The Hall–Kier alpha value is -2.03. The van der Waals surface area contributed by atoms with Gasteiger partial charge in [0.25, 0.3) is 5.91 Å². The van der Waals surface area contributed by atoms with Crippen molar-refractivity contribution in [2.45, 2.75) is 20.4 Å². The Morgan fingerprint density at radius 2 is 2.04 bits per heavy atom. The molecule has 0 fully saturated rings. The Bertz CT molecular complexity index is 576. The summed E-state index contributed by atoms with van der Waals surface area (Å²) in [6, 6.07) is 9.18. The standard InChI is InChI=1S/C17H23ClN4O/c1-3-22(4-2)10-9-20-12-15(11-19)17(23)21-13-14-7-5-6-8-16(14)18/h5-8,12,20H,3-4,9-10,13H2,1-2H3,(H,21,23)/b15-12-. The average Bonchev–Trinajstić information content (AvgIpc) is 2.57. The summed E-state index contributed by atoms with van der Waals surface area (Å²) >= 11 is 6.03. The molecular weight excluding hydrogens is 312 g/mol. The molecule has 1 aromatic rings. The molecule has 6 heteroatoms. The Morgan fingerprint density at radius 3 is 2.65 bits per heavy atom. The summed E-state index contributed by atoms with van der Waals surface area (Å²) in [4.78, 5) is 14.3. The highest BCUT2D eigenvalue weighted by Gasteiger charge is 2.09. The van der Waals surface area contributed by atoms with Crippen LogP contribution in [0.5, 0.6) is 0 Å². The number of amides is 1. The van der Waals surface area contributed by atoms with Crippen LogP contribution in [0.4, 0.5) is 0 Å². The van der Waals surface area contributed by atoms with E-state index in [1.54, 1.807) is 6.07 Å². The van der Waals surface area contributed by atoms with Crippen molar-refractivity contribution >= 4 is 17.5 Å². The SMILES string of the molecule is CCN(CC)CCN/C=C(/C#N)C(=O)NCc1ccccc1Cl. The molecule has 0 aliphatic heterocycles. The molecule has 0 atom stereocenters. The molecule has 1 amide bonds. The number of nitrogens with one attached hydrogen (secondary N) is 2. The van der Waals surface area contributed by atoms with E-state index in [1.165, 1.54) is 6.20 Å². The fourth-order valence-corrected chi connectivity index (χ4v) is 2.20. The Balaban J connectivity index is 2.47. The van der Waals surface area contributed by atoms with Crippen molar-refractivity contribution in [3.8, 4) is 6.07 Å². The molecule has 0 unspecified atom stereocenters. The highest BCUT2D eigenvalue weighted by molar-refractivity contribution is 6.31. The quantitative estimate of drug-likeness (QED) is 0.413. The maximum atomic E-state index is 12.0. The second-order valence-corrected chi connectivity index (χ2v) is 5.33. The summed E-state index contributed by atoms with van der Waals surface area (Å²) in [6.07, 6.45) is 1.46. The average molecular weight is 335 g/mol.